The van der Waals surface area contributed by atoms with Gasteiger partial charge in [0.15, 0.2) is 0 Å². The van der Waals surface area contributed by atoms with Gasteiger partial charge in [-0.2, -0.15) is 0 Å². The SMILES string of the molecule is CC[C@@H](C)[C@H](NC(=O)OC(C)(C)C)C(=O)N[C@H](C(=O)N[C@@H](Cc1c[nH]c2ccccc12)C(O)CC(=O)O)[C@H](C)CC. The van der Waals surface area contributed by atoms with E-state index in [9.17, 15) is 29.4 Å². The Bertz CT molecular complexity index is 1190. The van der Waals surface area contributed by atoms with E-state index in [1.54, 1.807) is 27.0 Å². The lowest BCUT2D eigenvalue weighted by Crippen LogP contribution is -2.59. The van der Waals surface area contributed by atoms with E-state index in [-0.39, 0.29) is 18.3 Å². The minimum absolute atomic E-state index is 0.168. The average molecular weight is 575 g/mol. The normalized spacial score (nSPS) is 16.1. The molecule has 1 aromatic carbocycles. The van der Waals surface area contributed by atoms with Crippen molar-refractivity contribution in [2.24, 2.45) is 11.8 Å². The quantitative estimate of drug-likeness (QED) is 0.201. The van der Waals surface area contributed by atoms with Gasteiger partial charge in [-0.05, 0) is 50.7 Å². The smallest absolute Gasteiger partial charge is 0.408 e. The maximum Gasteiger partial charge on any atom is 0.408 e. The maximum atomic E-state index is 13.6. The molecule has 2 rings (SSSR count). The number of benzene rings is 1. The van der Waals surface area contributed by atoms with Crippen molar-refractivity contribution in [3.8, 4) is 0 Å². The number of para-hydroxylation sites is 1. The number of hydrogen-bond donors (Lipinski definition) is 6. The second-order valence-corrected chi connectivity index (χ2v) is 11.7. The molecule has 0 spiro atoms. The summed E-state index contributed by atoms with van der Waals surface area (Å²) < 4.78 is 5.34. The number of amides is 3. The van der Waals surface area contributed by atoms with Crippen molar-refractivity contribution in [3.63, 3.8) is 0 Å². The molecule has 0 aliphatic heterocycles. The Hall–Kier alpha value is -3.60. The number of aliphatic hydroxyl groups excluding tert-OH is 1. The van der Waals surface area contributed by atoms with Gasteiger partial charge in [-0.1, -0.05) is 58.7 Å². The highest BCUT2D eigenvalue weighted by molar-refractivity contribution is 5.92. The van der Waals surface area contributed by atoms with Crippen LogP contribution in [0.3, 0.4) is 0 Å². The van der Waals surface area contributed by atoms with Crippen molar-refractivity contribution < 1.29 is 34.1 Å². The zero-order valence-electron chi connectivity index (χ0n) is 25.1. The Morgan fingerprint density at radius 2 is 1.49 bits per heavy atom. The average Bonchev–Trinajstić information content (AvgIpc) is 3.30. The Morgan fingerprint density at radius 3 is 2.05 bits per heavy atom. The van der Waals surface area contributed by atoms with Gasteiger partial charge in [0, 0.05) is 17.1 Å². The van der Waals surface area contributed by atoms with Crippen LogP contribution < -0.4 is 16.0 Å². The van der Waals surface area contributed by atoms with Gasteiger partial charge in [0.25, 0.3) is 0 Å². The van der Waals surface area contributed by atoms with Crippen molar-refractivity contribution in [1.29, 1.82) is 0 Å². The molecule has 1 heterocycles. The molecule has 1 unspecified atom stereocenters. The van der Waals surface area contributed by atoms with Crippen molar-refractivity contribution in [2.45, 2.75) is 104 Å². The molecule has 11 nitrogen and oxygen atoms in total. The fourth-order valence-corrected chi connectivity index (χ4v) is 4.50. The van der Waals surface area contributed by atoms with E-state index in [1.807, 2.05) is 52.0 Å². The summed E-state index contributed by atoms with van der Waals surface area (Å²) in [4.78, 5) is 54.1. The number of aromatic amines is 1. The standard InChI is InChI=1S/C30H46N4O7/c1-8-17(3)25(33-28(39)26(18(4)9-2)34-29(40)41-30(5,6)7)27(38)32-22(23(35)15-24(36)37)14-19-16-31-21-13-11-10-12-20(19)21/h10-13,16-18,22-23,25-26,31,35H,8-9,14-15H2,1-7H3,(H,32,38)(H,33,39)(H,34,40)(H,36,37)/t17-,18-,22+,23?,25+,26+/m1/s1. The van der Waals surface area contributed by atoms with Crippen LogP contribution in [0, 0.1) is 11.8 Å². The van der Waals surface area contributed by atoms with Crippen LogP contribution in [0.15, 0.2) is 30.5 Å². The zero-order chi connectivity index (χ0) is 30.9. The molecule has 0 fully saturated rings. The van der Waals surface area contributed by atoms with Gasteiger partial charge in [0.05, 0.1) is 18.6 Å². The molecule has 41 heavy (non-hydrogen) atoms. The van der Waals surface area contributed by atoms with Gasteiger partial charge in [-0.3, -0.25) is 14.4 Å². The Balaban J connectivity index is 2.29. The highest BCUT2D eigenvalue weighted by Gasteiger charge is 2.35. The number of carboxylic acids is 1. The van der Waals surface area contributed by atoms with Crippen LogP contribution in [0.1, 0.15) is 73.3 Å². The third kappa shape index (κ3) is 10.1. The van der Waals surface area contributed by atoms with Gasteiger partial charge < -0.3 is 35.9 Å². The van der Waals surface area contributed by atoms with Crippen LogP contribution in [0.5, 0.6) is 0 Å². The number of aliphatic carboxylic acids is 1. The molecular formula is C30H46N4O7. The number of carbonyl (C=O) groups excluding carboxylic acids is 3. The number of carbonyl (C=O) groups is 4. The van der Waals surface area contributed by atoms with E-state index >= 15 is 0 Å². The van der Waals surface area contributed by atoms with Crippen LogP contribution in [0.4, 0.5) is 4.79 Å². The van der Waals surface area contributed by atoms with Crippen LogP contribution in [0.2, 0.25) is 0 Å². The van der Waals surface area contributed by atoms with Crippen LogP contribution in [-0.2, 0) is 25.5 Å². The first kappa shape index (κ1) is 33.6. The number of aliphatic hydroxyl groups is 1. The lowest BCUT2D eigenvalue weighted by atomic mass is 9.93. The Labute approximate surface area is 241 Å². The molecule has 6 atom stereocenters. The second kappa shape index (κ2) is 14.9. The highest BCUT2D eigenvalue weighted by Crippen LogP contribution is 2.21. The van der Waals surface area contributed by atoms with E-state index in [0.717, 1.165) is 16.5 Å². The molecular weight excluding hydrogens is 528 g/mol. The summed E-state index contributed by atoms with van der Waals surface area (Å²) in [6, 6.07) is 4.66. The first-order valence-electron chi connectivity index (χ1n) is 14.2. The van der Waals surface area contributed by atoms with Crippen molar-refractivity contribution >= 4 is 34.8 Å². The first-order chi connectivity index (χ1) is 19.2. The Morgan fingerprint density at radius 1 is 0.927 bits per heavy atom. The van der Waals surface area contributed by atoms with Crippen molar-refractivity contribution in [3.05, 3.63) is 36.0 Å². The van der Waals surface area contributed by atoms with Gasteiger partial charge in [0.1, 0.15) is 17.7 Å². The van der Waals surface area contributed by atoms with E-state index in [0.29, 0.717) is 12.8 Å². The number of rotatable bonds is 14. The Kier molecular flexibility index (Phi) is 12.2. The number of fused-ring (bicyclic) bond motifs is 1. The van der Waals surface area contributed by atoms with E-state index < -0.39 is 60.1 Å². The lowest BCUT2D eigenvalue weighted by molar-refractivity contribution is -0.140. The number of ether oxygens (including phenoxy) is 1. The number of H-pyrrole nitrogens is 1. The van der Waals surface area contributed by atoms with Crippen LogP contribution in [0.25, 0.3) is 10.9 Å². The molecule has 0 aliphatic carbocycles. The summed E-state index contributed by atoms with van der Waals surface area (Å²) in [6.07, 6.45) is 0.395. The third-order valence-corrected chi connectivity index (χ3v) is 7.25. The van der Waals surface area contributed by atoms with Crippen molar-refractivity contribution in [1.82, 2.24) is 20.9 Å². The van der Waals surface area contributed by atoms with Gasteiger partial charge >= 0.3 is 12.1 Å². The number of aromatic nitrogens is 1. The van der Waals surface area contributed by atoms with Gasteiger partial charge in [0.2, 0.25) is 11.8 Å². The fourth-order valence-electron chi connectivity index (χ4n) is 4.50. The third-order valence-electron chi connectivity index (χ3n) is 7.25. The number of alkyl carbamates (subject to hydrolysis) is 1. The summed E-state index contributed by atoms with van der Waals surface area (Å²) >= 11 is 0. The molecule has 1 aromatic heterocycles. The molecule has 0 saturated heterocycles. The van der Waals surface area contributed by atoms with Crippen molar-refractivity contribution in [2.75, 3.05) is 0 Å². The minimum atomic E-state index is -1.37. The van der Waals surface area contributed by atoms with E-state index in [4.69, 9.17) is 4.74 Å². The van der Waals surface area contributed by atoms with Gasteiger partial charge in [-0.15, -0.1) is 0 Å². The summed E-state index contributed by atoms with van der Waals surface area (Å²) in [5.41, 5.74) is 0.924. The minimum Gasteiger partial charge on any atom is -0.481 e. The molecule has 0 bridgehead atoms. The second-order valence-electron chi connectivity index (χ2n) is 11.7. The maximum absolute atomic E-state index is 13.6. The van der Waals surface area contributed by atoms with E-state index in [1.165, 1.54) is 0 Å². The molecule has 0 radical (unpaired) electrons. The molecule has 2 aromatic rings. The molecule has 0 aliphatic rings. The fraction of sp³-hybridized carbons (Fsp3) is 0.600. The van der Waals surface area contributed by atoms with E-state index in [2.05, 4.69) is 20.9 Å². The highest BCUT2D eigenvalue weighted by atomic mass is 16.6. The topological polar surface area (TPSA) is 170 Å². The molecule has 6 N–H and O–H groups in total. The van der Waals surface area contributed by atoms with Crippen LogP contribution >= 0.6 is 0 Å². The van der Waals surface area contributed by atoms with Crippen LogP contribution in [-0.4, -0.2) is 68.9 Å². The largest absolute Gasteiger partial charge is 0.481 e. The molecule has 228 valence electrons. The molecule has 11 heteroatoms. The summed E-state index contributed by atoms with van der Waals surface area (Å²) in [5.74, 6) is -2.85. The lowest BCUT2D eigenvalue weighted by Gasteiger charge is -2.31. The zero-order valence-corrected chi connectivity index (χ0v) is 25.1. The predicted octanol–water partition coefficient (Wildman–Crippen LogP) is 3.50. The summed E-state index contributed by atoms with van der Waals surface area (Å²) in [7, 11) is 0. The first-order valence-corrected chi connectivity index (χ1v) is 14.2. The molecule has 3 amide bonds. The monoisotopic (exact) mass is 574 g/mol. The predicted molar refractivity (Wildman–Crippen MR) is 156 cm³/mol. The number of hydrogen-bond acceptors (Lipinski definition) is 6. The number of carboxylic acid groups (broad SMARTS) is 1. The summed E-state index contributed by atoms with van der Waals surface area (Å²) in [6.45, 7) is 12.6. The number of nitrogens with one attached hydrogen (secondary N) is 4. The summed E-state index contributed by atoms with van der Waals surface area (Å²) in [5, 5.41) is 29.2. The molecule has 0 saturated carbocycles. The van der Waals surface area contributed by atoms with Gasteiger partial charge in [-0.25, -0.2) is 4.79 Å².